The average molecular weight is 482 g/mol. The number of rotatable bonds is 10. The van der Waals surface area contributed by atoms with Crippen LogP contribution < -0.4 is 20.7 Å². The van der Waals surface area contributed by atoms with Crippen molar-refractivity contribution in [1.29, 1.82) is 0 Å². The highest BCUT2D eigenvalue weighted by atomic mass is 16.5. The number of carbonyl (C=O) groups excluding carboxylic acids is 1. The molecule has 190 valence electrons. The molecule has 0 fully saturated rings. The molecular formula is C26H39N7O2. The Bertz CT molecular complexity index is 969. The number of ether oxygens (including phenoxy) is 1. The number of pyridine rings is 1. The summed E-state index contributed by atoms with van der Waals surface area (Å²) in [6.07, 6.45) is 8.99. The van der Waals surface area contributed by atoms with Gasteiger partial charge in [0.2, 0.25) is 6.41 Å². The van der Waals surface area contributed by atoms with Crippen LogP contribution in [0.15, 0.2) is 55.1 Å². The number of benzene rings is 1. The molecule has 0 aliphatic rings. The van der Waals surface area contributed by atoms with Crippen LogP contribution in [-0.4, -0.2) is 67.6 Å². The number of methoxy groups -OCH3 is 1. The molecule has 0 aliphatic carbocycles. The van der Waals surface area contributed by atoms with Crippen LogP contribution in [-0.2, 0) is 11.3 Å². The van der Waals surface area contributed by atoms with Crippen molar-refractivity contribution in [3.05, 3.63) is 60.7 Å². The summed E-state index contributed by atoms with van der Waals surface area (Å²) in [5.74, 6) is 1.48. The van der Waals surface area contributed by atoms with E-state index in [0.717, 1.165) is 41.3 Å². The van der Waals surface area contributed by atoms with Crippen LogP contribution in [0.1, 0.15) is 25.8 Å². The van der Waals surface area contributed by atoms with E-state index < -0.39 is 0 Å². The first-order valence-electron chi connectivity index (χ1n) is 11.6. The van der Waals surface area contributed by atoms with Crippen LogP contribution in [0.25, 0.3) is 11.3 Å². The fourth-order valence-corrected chi connectivity index (χ4v) is 2.69. The van der Waals surface area contributed by atoms with Crippen LogP contribution in [0.3, 0.4) is 0 Å². The van der Waals surface area contributed by atoms with Crippen molar-refractivity contribution in [3.63, 3.8) is 0 Å². The molecule has 0 bridgehead atoms. The Morgan fingerprint density at radius 3 is 2.46 bits per heavy atom. The normalized spacial score (nSPS) is 9.69. The molecule has 3 aromatic rings. The number of aromatic nitrogens is 3. The molecule has 1 aromatic carbocycles. The van der Waals surface area contributed by atoms with Gasteiger partial charge in [0.1, 0.15) is 11.6 Å². The Hall–Kier alpha value is -3.72. The van der Waals surface area contributed by atoms with Crippen LogP contribution in [0.5, 0.6) is 5.75 Å². The fourth-order valence-electron chi connectivity index (χ4n) is 2.69. The number of hydrogen-bond acceptors (Lipinski definition) is 8. The van der Waals surface area contributed by atoms with Gasteiger partial charge < -0.3 is 25.6 Å². The molecule has 9 nitrogen and oxygen atoms in total. The molecule has 0 spiro atoms. The second-order valence-corrected chi connectivity index (χ2v) is 7.75. The molecular weight excluding hydrogens is 442 g/mol. The van der Waals surface area contributed by atoms with E-state index in [-0.39, 0.29) is 0 Å². The van der Waals surface area contributed by atoms with Gasteiger partial charge in [0.15, 0.2) is 0 Å². The van der Waals surface area contributed by atoms with Gasteiger partial charge in [-0.2, -0.15) is 0 Å². The zero-order chi connectivity index (χ0) is 25.9. The summed E-state index contributed by atoms with van der Waals surface area (Å²) in [5, 5.41) is 8.92. The molecule has 0 saturated carbocycles. The third-order valence-electron chi connectivity index (χ3n) is 4.38. The first-order valence-corrected chi connectivity index (χ1v) is 11.6. The predicted molar refractivity (Wildman–Crippen MR) is 144 cm³/mol. The van der Waals surface area contributed by atoms with E-state index in [4.69, 9.17) is 4.74 Å². The third-order valence-corrected chi connectivity index (χ3v) is 4.38. The van der Waals surface area contributed by atoms with Crippen molar-refractivity contribution >= 4 is 17.9 Å². The Balaban J connectivity index is 0.000000470. The molecule has 0 unspecified atom stereocenters. The lowest BCUT2D eigenvalue weighted by Gasteiger charge is -2.11. The van der Waals surface area contributed by atoms with Crippen molar-refractivity contribution in [2.24, 2.45) is 0 Å². The topological polar surface area (TPSA) is 104 Å². The summed E-state index contributed by atoms with van der Waals surface area (Å²) in [5.41, 5.74) is 3.75. The lowest BCUT2D eigenvalue weighted by molar-refractivity contribution is -0.109. The summed E-state index contributed by atoms with van der Waals surface area (Å²) in [6.45, 7) is 6.53. The van der Waals surface area contributed by atoms with E-state index >= 15 is 0 Å². The van der Waals surface area contributed by atoms with Crippen molar-refractivity contribution in [3.8, 4) is 17.0 Å². The maximum atomic E-state index is 9.66. The van der Waals surface area contributed by atoms with Crippen molar-refractivity contribution in [1.82, 2.24) is 25.2 Å². The van der Waals surface area contributed by atoms with Gasteiger partial charge >= 0.3 is 0 Å². The zero-order valence-corrected chi connectivity index (χ0v) is 21.7. The van der Waals surface area contributed by atoms with E-state index in [9.17, 15) is 4.79 Å². The minimum Gasteiger partial charge on any atom is -0.495 e. The zero-order valence-electron chi connectivity index (χ0n) is 21.7. The number of likely N-dealkylation sites (N-methyl/N-ethyl adjacent to an activating group) is 1. The SMILES string of the molecule is CCC.CN(C)CCNC=O.CNc1ccc(-c2cncc(NCc3cccnc3)n2)cc1OC. The number of amides is 1. The van der Waals surface area contributed by atoms with Crippen molar-refractivity contribution in [2.75, 3.05) is 52.0 Å². The van der Waals surface area contributed by atoms with Gasteiger partial charge in [-0.3, -0.25) is 14.8 Å². The summed E-state index contributed by atoms with van der Waals surface area (Å²) in [7, 11) is 7.44. The minimum absolute atomic E-state index is 0.647. The molecule has 9 heteroatoms. The molecule has 3 rings (SSSR count). The van der Waals surface area contributed by atoms with Gasteiger partial charge in [0.05, 0.1) is 30.9 Å². The predicted octanol–water partition coefficient (Wildman–Crippen LogP) is 3.91. The molecule has 0 radical (unpaired) electrons. The highest BCUT2D eigenvalue weighted by Crippen LogP contribution is 2.29. The maximum Gasteiger partial charge on any atom is 0.207 e. The molecule has 0 atom stereocenters. The van der Waals surface area contributed by atoms with E-state index in [1.807, 2.05) is 62.6 Å². The number of nitrogens with zero attached hydrogens (tertiary/aromatic N) is 4. The summed E-state index contributed by atoms with van der Waals surface area (Å²) >= 11 is 0. The fraction of sp³-hybridized carbons (Fsp3) is 0.385. The van der Waals surface area contributed by atoms with Gasteiger partial charge in [-0.1, -0.05) is 32.4 Å². The maximum absolute atomic E-state index is 9.66. The number of hydrogen-bond donors (Lipinski definition) is 3. The molecule has 2 aromatic heterocycles. The minimum atomic E-state index is 0.647. The van der Waals surface area contributed by atoms with Crippen LogP contribution in [0, 0.1) is 0 Å². The van der Waals surface area contributed by atoms with E-state index in [2.05, 4.69) is 44.7 Å². The first kappa shape index (κ1) is 29.3. The smallest absolute Gasteiger partial charge is 0.207 e. The second-order valence-electron chi connectivity index (χ2n) is 7.75. The van der Waals surface area contributed by atoms with Crippen molar-refractivity contribution in [2.45, 2.75) is 26.8 Å². The van der Waals surface area contributed by atoms with Crippen molar-refractivity contribution < 1.29 is 9.53 Å². The van der Waals surface area contributed by atoms with Gasteiger partial charge in [-0.15, -0.1) is 0 Å². The van der Waals surface area contributed by atoms with Gasteiger partial charge in [0, 0.05) is 44.6 Å². The summed E-state index contributed by atoms with van der Waals surface area (Å²) < 4.78 is 5.40. The number of nitrogens with one attached hydrogen (secondary N) is 3. The van der Waals surface area contributed by atoms with E-state index in [1.165, 1.54) is 6.42 Å². The second kappa shape index (κ2) is 17.7. The monoisotopic (exact) mass is 481 g/mol. The Morgan fingerprint density at radius 2 is 1.86 bits per heavy atom. The molecule has 1 amide bonds. The molecule has 35 heavy (non-hydrogen) atoms. The van der Waals surface area contributed by atoms with Gasteiger partial charge in [-0.05, 0) is 37.9 Å². The van der Waals surface area contributed by atoms with E-state index in [1.54, 1.807) is 25.7 Å². The van der Waals surface area contributed by atoms with Gasteiger partial charge in [-0.25, -0.2) is 4.98 Å². The highest BCUT2D eigenvalue weighted by Gasteiger charge is 2.07. The molecule has 2 heterocycles. The Morgan fingerprint density at radius 1 is 1.09 bits per heavy atom. The standard InChI is InChI=1S/C18H19N5O.C5H12N2O.C3H8/c1-19-15-6-5-14(8-17(15)24-2)16-11-21-12-18(23-16)22-10-13-4-3-7-20-9-13;1-7(2)4-3-6-5-8;1-3-2/h3-9,11-12,19H,10H2,1-2H3,(H,22,23);5H,3-4H2,1-2H3,(H,6,8);3H2,1-2H3. The van der Waals surface area contributed by atoms with Crippen LogP contribution in [0.2, 0.25) is 0 Å². The lowest BCUT2D eigenvalue weighted by atomic mass is 10.1. The number of carbonyl (C=O) groups is 1. The summed E-state index contributed by atoms with van der Waals surface area (Å²) in [4.78, 5) is 24.7. The molecule has 0 saturated heterocycles. The average Bonchev–Trinajstić information content (AvgIpc) is 2.88. The molecule has 3 N–H and O–H groups in total. The largest absolute Gasteiger partial charge is 0.495 e. The van der Waals surface area contributed by atoms with Crippen LogP contribution >= 0.6 is 0 Å². The third kappa shape index (κ3) is 11.8. The molecule has 0 aliphatic heterocycles. The summed E-state index contributed by atoms with van der Waals surface area (Å²) in [6, 6.07) is 9.82. The number of anilines is 2. The highest BCUT2D eigenvalue weighted by molar-refractivity contribution is 5.69. The van der Waals surface area contributed by atoms with Gasteiger partial charge in [0.25, 0.3) is 0 Å². The Labute approximate surface area is 209 Å². The first-order chi connectivity index (χ1) is 17.0. The van der Waals surface area contributed by atoms with Crippen LogP contribution in [0.4, 0.5) is 11.5 Å². The lowest BCUT2D eigenvalue weighted by Crippen LogP contribution is -2.25. The quantitative estimate of drug-likeness (QED) is 0.296. The Kier molecular flexibility index (Phi) is 14.8. The van der Waals surface area contributed by atoms with E-state index in [0.29, 0.717) is 18.8 Å².